The van der Waals surface area contributed by atoms with Crippen LogP contribution < -0.4 is 10.6 Å². The summed E-state index contributed by atoms with van der Waals surface area (Å²) in [6.45, 7) is 2.66. The molecule has 2 aromatic carbocycles. The molecule has 4 heterocycles. The fourth-order valence-electron chi connectivity index (χ4n) is 5.39. The third-order valence-electron chi connectivity index (χ3n) is 7.80. The van der Waals surface area contributed by atoms with Gasteiger partial charge in [-0.1, -0.05) is 35.5 Å². The first-order chi connectivity index (χ1) is 22.7. The highest BCUT2D eigenvalue weighted by Crippen LogP contribution is 2.24. The Morgan fingerprint density at radius 3 is 2.64 bits per heavy atom. The summed E-state index contributed by atoms with van der Waals surface area (Å²) in [5, 5.41) is 11.1. The van der Waals surface area contributed by atoms with Crippen LogP contribution in [0, 0.1) is 6.92 Å². The Kier molecular flexibility index (Phi) is 9.09. The van der Waals surface area contributed by atoms with E-state index in [4.69, 9.17) is 13.9 Å². The Hall–Kier alpha value is -5.78. The lowest BCUT2D eigenvalue weighted by Gasteiger charge is -2.22. The van der Waals surface area contributed by atoms with Gasteiger partial charge in [-0.05, 0) is 62.6 Å². The normalized spacial score (nSPS) is 15.4. The summed E-state index contributed by atoms with van der Waals surface area (Å²) in [7, 11) is 3.26. The van der Waals surface area contributed by atoms with E-state index >= 15 is 0 Å². The smallest absolute Gasteiger partial charge is 0.271 e. The molecule has 0 saturated carbocycles. The van der Waals surface area contributed by atoms with Gasteiger partial charge in [0.05, 0.1) is 12.1 Å². The van der Waals surface area contributed by atoms with E-state index in [9.17, 15) is 14.4 Å². The average Bonchev–Trinajstić information content (AvgIpc) is 3.66. The van der Waals surface area contributed by atoms with Crippen molar-refractivity contribution in [1.82, 2.24) is 25.3 Å². The van der Waals surface area contributed by atoms with Crippen LogP contribution in [0.4, 0.5) is 5.69 Å². The van der Waals surface area contributed by atoms with Gasteiger partial charge in [0, 0.05) is 49.5 Å². The van der Waals surface area contributed by atoms with Crippen LogP contribution in [0.2, 0.25) is 0 Å². The fraction of sp³-hybridized carbons (Fsp3) is 0.257. The molecule has 3 aromatic heterocycles. The first-order valence-electron chi connectivity index (χ1n) is 15.4. The van der Waals surface area contributed by atoms with Crippen molar-refractivity contribution < 1.29 is 23.3 Å². The number of fused-ring (bicyclic) bond motifs is 1. The van der Waals surface area contributed by atoms with Gasteiger partial charge < -0.3 is 24.1 Å². The lowest BCUT2D eigenvalue weighted by atomic mass is 10.1. The molecule has 1 atom stereocenters. The number of rotatable bonds is 7. The third-order valence-corrected chi connectivity index (χ3v) is 7.80. The van der Waals surface area contributed by atoms with Crippen LogP contribution in [-0.4, -0.2) is 70.3 Å². The summed E-state index contributed by atoms with van der Waals surface area (Å²) >= 11 is 0. The van der Waals surface area contributed by atoms with Gasteiger partial charge in [0.25, 0.3) is 11.8 Å². The van der Waals surface area contributed by atoms with E-state index in [2.05, 4.69) is 20.8 Å². The van der Waals surface area contributed by atoms with Crippen molar-refractivity contribution in [3.05, 3.63) is 102 Å². The fourth-order valence-corrected chi connectivity index (χ4v) is 5.39. The van der Waals surface area contributed by atoms with Crippen LogP contribution in [0.5, 0.6) is 0 Å². The molecule has 12 heteroatoms. The summed E-state index contributed by atoms with van der Waals surface area (Å²) in [5.41, 5.74) is 3.45. The van der Waals surface area contributed by atoms with Crippen molar-refractivity contribution in [2.24, 2.45) is 4.99 Å². The number of pyridine rings is 1. The highest BCUT2D eigenvalue weighted by Gasteiger charge is 2.29. The molecule has 240 valence electrons. The lowest BCUT2D eigenvalue weighted by Crippen LogP contribution is -2.41. The van der Waals surface area contributed by atoms with Crippen molar-refractivity contribution in [2.45, 2.75) is 38.8 Å². The molecule has 0 spiro atoms. The number of aromatic nitrogens is 2. The van der Waals surface area contributed by atoms with Crippen LogP contribution in [0.3, 0.4) is 0 Å². The van der Waals surface area contributed by atoms with Crippen molar-refractivity contribution in [1.29, 1.82) is 0 Å². The van der Waals surface area contributed by atoms with Crippen LogP contribution in [0.1, 0.15) is 51.6 Å². The van der Waals surface area contributed by atoms with Crippen molar-refractivity contribution in [3.8, 4) is 11.3 Å². The summed E-state index contributed by atoms with van der Waals surface area (Å²) in [4.78, 5) is 51.6. The van der Waals surface area contributed by atoms with E-state index in [0.717, 1.165) is 35.1 Å². The summed E-state index contributed by atoms with van der Waals surface area (Å²) in [6, 6.07) is 21.2. The molecule has 6 rings (SSSR count). The Bertz CT molecular complexity index is 1930. The van der Waals surface area contributed by atoms with Crippen molar-refractivity contribution in [3.63, 3.8) is 0 Å². The van der Waals surface area contributed by atoms with Crippen LogP contribution in [0.25, 0.3) is 22.2 Å². The maximum atomic E-state index is 13.9. The number of aryl methyl sites for hydroxylation is 1. The number of benzene rings is 2. The van der Waals surface area contributed by atoms with Crippen LogP contribution in [0.15, 0.2) is 92.9 Å². The quantitative estimate of drug-likeness (QED) is 0.182. The van der Waals surface area contributed by atoms with Crippen molar-refractivity contribution in [2.75, 3.05) is 26.0 Å². The average molecular weight is 634 g/mol. The van der Waals surface area contributed by atoms with Crippen LogP contribution >= 0.6 is 0 Å². The first-order valence-corrected chi connectivity index (χ1v) is 15.4. The number of aliphatic imine (C=N–C) groups is 1. The standard InChI is InChI=1S/C35H35N7O5/c1-22-17-25-18-26(13-15-31(25)46-22)37-35(39-32(43)24-12-14-28(36-20-24)33(44)41(2)3)38-29-11-7-8-16-42(34(29)45)21-27-19-30(40-47-27)23-9-5-4-6-10-23/h4-6,9-10,12-15,17-20,29H,7-8,11,16,21H2,1-3H3,(H2,37,38,39,43)/t29-/m0/s1. The molecule has 0 unspecified atom stereocenters. The van der Waals surface area contributed by atoms with Gasteiger partial charge in [-0.25, -0.2) is 4.99 Å². The number of amides is 3. The predicted molar refractivity (Wildman–Crippen MR) is 177 cm³/mol. The van der Waals surface area contributed by atoms with Gasteiger partial charge in [-0.15, -0.1) is 0 Å². The molecular formula is C35H35N7O5. The molecule has 1 aliphatic rings. The molecule has 0 aliphatic carbocycles. The van der Waals surface area contributed by atoms with E-state index in [1.54, 1.807) is 19.0 Å². The Labute approximate surface area is 271 Å². The predicted octanol–water partition coefficient (Wildman–Crippen LogP) is 5.27. The molecule has 12 nitrogen and oxygen atoms in total. The number of carbonyl (C=O) groups is 3. The summed E-state index contributed by atoms with van der Waals surface area (Å²) < 4.78 is 11.3. The molecule has 1 saturated heterocycles. The number of furan rings is 1. The maximum absolute atomic E-state index is 13.9. The molecule has 47 heavy (non-hydrogen) atoms. The number of guanidine groups is 1. The summed E-state index contributed by atoms with van der Waals surface area (Å²) in [6.07, 6.45) is 3.41. The number of anilines is 1. The van der Waals surface area contributed by atoms with Gasteiger partial charge in [0.15, 0.2) is 5.76 Å². The Morgan fingerprint density at radius 1 is 1.04 bits per heavy atom. The van der Waals surface area contributed by atoms with Gasteiger partial charge in [0.2, 0.25) is 11.9 Å². The zero-order chi connectivity index (χ0) is 32.9. The van der Waals surface area contributed by atoms with E-state index in [-0.39, 0.29) is 35.6 Å². The summed E-state index contributed by atoms with van der Waals surface area (Å²) in [5.74, 6) is 0.498. The second-order valence-corrected chi connectivity index (χ2v) is 11.6. The monoisotopic (exact) mass is 633 g/mol. The zero-order valence-electron chi connectivity index (χ0n) is 26.4. The number of nitrogens with one attached hydrogen (secondary N) is 2. The van der Waals surface area contributed by atoms with Crippen LogP contribution in [-0.2, 0) is 11.3 Å². The minimum atomic E-state index is -0.755. The van der Waals surface area contributed by atoms with E-state index in [1.807, 2.05) is 67.6 Å². The SMILES string of the molecule is Cc1cc2cc(NC(=N[C@H]3CCCCN(Cc4cc(-c5ccccc5)no4)C3=O)NC(=O)c3ccc(C(=O)N(C)C)nc3)ccc2o1. The minimum absolute atomic E-state index is 0.106. The van der Waals surface area contributed by atoms with E-state index in [0.29, 0.717) is 30.1 Å². The number of nitrogens with zero attached hydrogens (tertiary/aromatic N) is 5. The highest BCUT2D eigenvalue weighted by atomic mass is 16.5. The molecule has 3 amide bonds. The first kappa shape index (κ1) is 31.2. The van der Waals surface area contributed by atoms with E-state index in [1.165, 1.54) is 23.2 Å². The van der Waals surface area contributed by atoms with Gasteiger partial charge in [-0.3, -0.25) is 24.7 Å². The maximum Gasteiger partial charge on any atom is 0.271 e. The van der Waals surface area contributed by atoms with Crippen molar-refractivity contribution >= 4 is 40.3 Å². The lowest BCUT2D eigenvalue weighted by molar-refractivity contribution is -0.132. The highest BCUT2D eigenvalue weighted by molar-refractivity contribution is 6.11. The molecule has 0 bridgehead atoms. The molecule has 2 N–H and O–H groups in total. The Morgan fingerprint density at radius 2 is 1.87 bits per heavy atom. The van der Waals surface area contributed by atoms with E-state index < -0.39 is 11.9 Å². The molecule has 5 aromatic rings. The second-order valence-electron chi connectivity index (χ2n) is 11.6. The zero-order valence-corrected chi connectivity index (χ0v) is 26.4. The van der Waals surface area contributed by atoms with Gasteiger partial charge in [0.1, 0.15) is 28.8 Å². The number of hydrogen-bond acceptors (Lipinski definition) is 8. The minimum Gasteiger partial charge on any atom is -0.461 e. The molecular weight excluding hydrogens is 598 g/mol. The number of hydrogen-bond donors (Lipinski definition) is 2. The number of likely N-dealkylation sites (tertiary alicyclic amines) is 1. The topological polar surface area (TPSA) is 146 Å². The second kappa shape index (κ2) is 13.7. The Balaban J connectivity index is 1.25. The largest absolute Gasteiger partial charge is 0.461 e. The molecule has 0 radical (unpaired) electrons. The van der Waals surface area contributed by atoms with Gasteiger partial charge >= 0.3 is 0 Å². The van der Waals surface area contributed by atoms with Gasteiger partial charge in [-0.2, -0.15) is 0 Å². The molecule has 1 fully saturated rings. The molecule has 1 aliphatic heterocycles. The number of carbonyl (C=O) groups excluding carboxylic acids is 3. The third kappa shape index (κ3) is 7.38.